The van der Waals surface area contributed by atoms with E-state index < -0.39 is 0 Å². The number of hydrogen-bond donors (Lipinski definition) is 2. The number of nitrogens with one attached hydrogen (secondary N) is 2. The number of fused-ring (bicyclic) bond motifs is 8. The van der Waals surface area contributed by atoms with Crippen molar-refractivity contribution in [2.24, 2.45) is 20.7 Å². The number of H-pyrrole nitrogens is 2. The zero-order valence-electron chi connectivity index (χ0n) is 15.3. The first kappa shape index (κ1) is 16.9. The van der Waals surface area contributed by atoms with Crippen LogP contribution in [-0.4, -0.2) is 26.6 Å². The maximum absolute atomic E-state index is 4.63. The molecule has 6 heterocycles. The van der Waals surface area contributed by atoms with Crippen molar-refractivity contribution >= 4 is 46.4 Å². The Morgan fingerprint density at radius 3 is 1.14 bits per heavy atom. The molecule has 3 aromatic rings. The first-order valence-electron chi connectivity index (χ1n) is 9.08. The van der Waals surface area contributed by atoms with Crippen molar-refractivity contribution in [2.45, 2.75) is 0 Å². The summed E-state index contributed by atoms with van der Waals surface area (Å²) in [6.07, 6.45) is 8.09. The van der Waals surface area contributed by atoms with Crippen LogP contribution in [0.3, 0.4) is 0 Å². The SMILES string of the molecule is C1=Cc2cc3ccc(cc4nc(cc5ccc(cc1n2)[nH]5)C=C4)[nH]3.C1N=NN=N1. The van der Waals surface area contributed by atoms with E-state index in [9.17, 15) is 0 Å². The van der Waals surface area contributed by atoms with Crippen LogP contribution in [-0.2, 0) is 0 Å². The van der Waals surface area contributed by atoms with Crippen LogP contribution < -0.4 is 0 Å². The van der Waals surface area contributed by atoms with Gasteiger partial charge in [-0.1, -0.05) is 0 Å². The highest BCUT2D eigenvalue weighted by molar-refractivity contribution is 5.77. The third kappa shape index (κ3) is 4.06. The Hall–Kier alpha value is -4.20. The van der Waals surface area contributed by atoms with Crippen molar-refractivity contribution in [1.82, 2.24) is 19.9 Å². The lowest BCUT2D eigenvalue weighted by Crippen LogP contribution is -1.75. The van der Waals surface area contributed by atoms with Crippen LogP contribution in [0.25, 0.3) is 46.4 Å². The van der Waals surface area contributed by atoms with Gasteiger partial charge in [0.05, 0.1) is 22.8 Å². The van der Waals surface area contributed by atoms with Gasteiger partial charge in [0.25, 0.3) is 0 Å². The minimum absolute atomic E-state index is 0.417. The molecule has 2 N–H and O–H groups in total. The highest BCUT2D eigenvalue weighted by Crippen LogP contribution is 2.16. The van der Waals surface area contributed by atoms with Gasteiger partial charge >= 0.3 is 0 Å². The van der Waals surface area contributed by atoms with Crippen molar-refractivity contribution in [1.29, 1.82) is 0 Å². The van der Waals surface area contributed by atoms with Crippen molar-refractivity contribution in [2.75, 3.05) is 6.67 Å². The minimum Gasteiger partial charge on any atom is -0.355 e. The van der Waals surface area contributed by atoms with E-state index in [1.165, 1.54) is 0 Å². The van der Waals surface area contributed by atoms with Gasteiger partial charge in [0, 0.05) is 22.1 Å². The van der Waals surface area contributed by atoms with Crippen LogP contribution >= 0.6 is 0 Å². The fraction of sp³-hybridized carbons (Fsp3) is 0.0476. The second-order valence-electron chi connectivity index (χ2n) is 6.51. The average molecular weight is 380 g/mol. The average Bonchev–Trinajstić information content (AvgIpc) is 3.50. The predicted molar refractivity (Wildman–Crippen MR) is 113 cm³/mol. The molecular weight excluding hydrogens is 364 g/mol. The van der Waals surface area contributed by atoms with Crippen LogP contribution in [0.2, 0.25) is 0 Å². The van der Waals surface area contributed by atoms with Gasteiger partial charge in [0.1, 0.15) is 0 Å². The Labute approximate surface area is 165 Å². The number of nitrogens with zero attached hydrogens (tertiary/aromatic N) is 6. The Morgan fingerprint density at radius 1 is 0.517 bits per heavy atom. The Balaban J connectivity index is 0.000000319. The summed E-state index contributed by atoms with van der Waals surface area (Å²) in [5.41, 5.74) is 7.86. The van der Waals surface area contributed by atoms with Crippen LogP contribution in [0, 0.1) is 0 Å². The summed E-state index contributed by atoms with van der Waals surface area (Å²) in [7, 11) is 0. The molecule has 8 nitrogen and oxygen atoms in total. The van der Waals surface area contributed by atoms with E-state index >= 15 is 0 Å². The van der Waals surface area contributed by atoms with Crippen molar-refractivity contribution in [3.63, 3.8) is 0 Å². The number of aromatic nitrogens is 4. The monoisotopic (exact) mass is 380 g/mol. The number of aromatic amines is 2. The minimum atomic E-state index is 0.417. The van der Waals surface area contributed by atoms with Gasteiger partial charge in [0.2, 0.25) is 0 Å². The summed E-state index contributed by atoms with van der Waals surface area (Å²) in [6.45, 7) is 0.417. The molecule has 0 atom stereocenters. The molecule has 3 aliphatic rings. The van der Waals surface area contributed by atoms with E-state index in [1.54, 1.807) is 0 Å². The molecule has 0 radical (unpaired) electrons. The summed E-state index contributed by atoms with van der Waals surface area (Å²) in [5, 5.41) is 13.1. The highest BCUT2D eigenvalue weighted by atomic mass is 15.5. The topological polar surface area (TPSA) is 107 Å². The lowest BCUT2D eigenvalue weighted by molar-refractivity contribution is 1.05. The fourth-order valence-electron chi connectivity index (χ4n) is 3.08. The molecule has 0 spiro atoms. The van der Waals surface area contributed by atoms with Crippen LogP contribution in [0.1, 0.15) is 22.8 Å². The quantitative estimate of drug-likeness (QED) is 0.373. The first-order chi connectivity index (χ1) is 14.3. The third-order valence-corrected chi connectivity index (χ3v) is 4.33. The summed E-state index contributed by atoms with van der Waals surface area (Å²) in [5.74, 6) is 0. The van der Waals surface area contributed by atoms with Crippen molar-refractivity contribution in [3.05, 3.63) is 71.3 Å². The van der Waals surface area contributed by atoms with Crippen molar-refractivity contribution < 1.29 is 0 Å². The molecule has 6 rings (SSSR count). The predicted octanol–water partition coefficient (Wildman–Crippen LogP) is 5.43. The molecule has 3 aromatic heterocycles. The molecule has 0 saturated heterocycles. The molecule has 140 valence electrons. The largest absolute Gasteiger partial charge is 0.355 e. The summed E-state index contributed by atoms with van der Waals surface area (Å²) in [6, 6.07) is 16.4. The van der Waals surface area contributed by atoms with Crippen LogP contribution in [0.15, 0.2) is 69.2 Å². The van der Waals surface area contributed by atoms with E-state index in [2.05, 4.69) is 64.9 Å². The van der Waals surface area contributed by atoms with Gasteiger partial charge in [-0.25, -0.2) is 9.97 Å². The van der Waals surface area contributed by atoms with E-state index in [-0.39, 0.29) is 0 Å². The molecule has 8 bridgehead atoms. The Bertz CT molecular complexity index is 1150. The molecule has 29 heavy (non-hydrogen) atoms. The zero-order chi connectivity index (χ0) is 19.5. The number of hydrogen-bond acceptors (Lipinski definition) is 6. The molecule has 0 fully saturated rings. The van der Waals surface area contributed by atoms with Crippen LogP contribution in [0.4, 0.5) is 0 Å². The van der Waals surface area contributed by atoms with Gasteiger partial charge < -0.3 is 9.97 Å². The van der Waals surface area contributed by atoms with Gasteiger partial charge in [-0.05, 0) is 83.3 Å². The second kappa shape index (κ2) is 7.43. The highest BCUT2D eigenvalue weighted by Gasteiger charge is 2.01. The molecular formula is C21H16N8. The summed E-state index contributed by atoms with van der Waals surface area (Å²) >= 11 is 0. The van der Waals surface area contributed by atoms with Crippen molar-refractivity contribution in [3.8, 4) is 0 Å². The molecule has 0 aromatic carbocycles. The molecule has 0 saturated carbocycles. The van der Waals surface area contributed by atoms with Gasteiger partial charge in [0.15, 0.2) is 6.67 Å². The normalized spacial score (nSPS) is 13.5. The molecule has 0 amide bonds. The summed E-state index contributed by atoms with van der Waals surface area (Å²) in [4.78, 5) is 16.0. The summed E-state index contributed by atoms with van der Waals surface area (Å²) < 4.78 is 0. The fourth-order valence-corrected chi connectivity index (χ4v) is 3.08. The van der Waals surface area contributed by atoms with Gasteiger partial charge in [-0.2, -0.15) is 0 Å². The maximum atomic E-state index is 4.63. The van der Waals surface area contributed by atoms with E-state index in [1.807, 2.05) is 48.6 Å². The third-order valence-electron chi connectivity index (χ3n) is 4.33. The Kier molecular flexibility index (Phi) is 4.34. The Morgan fingerprint density at radius 2 is 0.862 bits per heavy atom. The standard InChI is InChI=1S/C20H14N4.CH2N4/c1-2-14-10-16-5-6-18(23-16)12-20-8-7-19(24-20)11-17-4-3-15(22-17)9-13(1)21-14;1-2-4-5-3-1/h1-12,21,24H;1H2. The molecule has 0 unspecified atom stereocenters. The second-order valence-corrected chi connectivity index (χ2v) is 6.51. The van der Waals surface area contributed by atoms with E-state index in [4.69, 9.17) is 0 Å². The first-order valence-corrected chi connectivity index (χ1v) is 9.08. The molecule has 3 aliphatic heterocycles. The molecule has 0 aliphatic carbocycles. The lowest BCUT2D eigenvalue weighted by atomic mass is 10.3. The van der Waals surface area contributed by atoms with Gasteiger partial charge in [-0.15, -0.1) is 10.2 Å². The van der Waals surface area contributed by atoms with Crippen LogP contribution in [0.5, 0.6) is 0 Å². The lowest BCUT2D eigenvalue weighted by Gasteiger charge is -1.85. The smallest absolute Gasteiger partial charge is 0.175 e. The molecule has 8 heteroatoms. The maximum Gasteiger partial charge on any atom is 0.175 e. The number of rotatable bonds is 0. The van der Waals surface area contributed by atoms with Gasteiger partial charge in [-0.3, -0.25) is 0 Å². The van der Waals surface area contributed by atoms with E-state index in [0.29, 0.717) is 6.67 Å². The zero-order valence-corrected chi connectivity index (χ0v) is 15.3. The van der Waals surface area contributed by atoms with E-state index in [0.717, 1.165) is 44.8 Å².